The molecule has 0 aromatic heterocycles. The highest BCUT2D eigenvalue weighted by molar-refractivity contribution is 9.10. The van der Waals surface area contributed by atoms with E-state index in [1.807, 2.05) is 0 Å². The van der Waals surface area contributed by atoms with Gasteiger partial charge in [-0.3, -0.25) is 0 Å². The molecule has 1 aliphatic rings. The monoisotopic (exact) mass is 281 g/mol. The summed E-state index contributed by atoms with van der Waals surface area (Å²) in [4.78, 5) is 2.49. The minimum Gasteiger partial charge on any atom is -0.370 e. The molecule has 0 N–H and O–H groups in total. The number of rotatable bonds is 3. The first-order valence-corrected chi connectivity index (χ1v) is 6.90. The topological polar surface area (TPSA) is 3.24 Å². The van der Waals surface area contributed by atoms with Crippen LogP contribution < -0.4 is 4.90 Å². The second-order valence-corrected chi connectivity index (χ2v) is 5.97. The summed E-state index contributed by atoms with van der Waals surface area (Å²) in [6, 6.07) is 6.67. The van der Waals surface area contributed by atoms with Gasteiger partial charge in [0.05, 0.1) is 0 Å². The summed E-state index contributed by atoms with van der Waals surface area (Å²) in [6.45, 7) is 9.22. The van der Waals surface area contributed by atoms with Gasteiger partial charge in [-0.15, -0.1) is 0 Å². The third kappa shape index (κ3) is 2.13. The molecule has 0 aliphatic carbocycles. The van der Waals surface area contributed by atoms with Crippen molar-refractivity contribution in [2.75, 3.05) is 18.0 Å². The van der Waals surface area contributed by atoms with Gasteiger partial charge in [-0.1, -0.05) is 29.8 Å². The van der Waals surface area contributed by atoms with Crippen LogP contribution in [0.4, 0.5) is 5.69 Å². The number of nitrogens with zero attached hydrogens (tertiary/aromatic N) is 1. The van der Waals surface area contributed by atoms with Gasteiger partial charge in [0.2, 0.25) is 0 Å². The first-order valence-electron chi connectivity index (χ1n) is 6.11. The molecule has 0 spiro atoms. The van der Waals surface area contributed by atoms with Crippen molar-refractivity contribution in [3.8, 4) is 0 Å². The van der Waals surface area contributed by atoms with Gasteiger partial charge in [0.25, 0.3) is 0 Å². The summed E-state index contributed by atoms with van der Waals surface area (Å²) in [7, 11) is 0. The van der Waals surface area contributed by atoms with E-state index in [-0.39, 0.29) is 0 Å². The second-order valence-electron chi connectivity index (χ2n) is 5.05. The zero-order valence-corrected chi connectivity index (χ0v) is 12.0. The SMILES string of the molecule is CCC1(CC)CN(c2cc(C)cc(Br)c2)C1. The van der Waals surface area contributed by atoms with E-state index in [1.165, 1.54) is 41.7 Å². The van der Waals surface area contributed by atoms with Crippen LogP contribution in [0.1, 0.15) is 32.3 Å². The predicted octanol–water partition coefficient (Wildman–Crippen LogP) is 4.38. The van der Waals surface area contributed by atoms with Gasteiger partial charge in [-0.2, -0.15) is 0 Å². The molecule has 1 aromatic carbocycles. The maximum absolute atomic E-state index is 3.57. The van der Waals surface area contributed by atoms with Crippen LogP contribution >= 0.6 is 15.9 Å². The van der Waals surface area contributed by atoms with E-state index in [2.05, 4.69) is 59.8 Å². The molecule has 1 saturated heterocycles. The Morgan fingerprint density at radius 3 is 2.31 bits per heavy atom. The molecule has 2 rings (SSSR count). The lowest BCUT2D eigenvalue weighted by Crippen LogP contribution is -2.55. The van der Waals surface area contributed by atoms with Gasteiger partial charge in [-0.25, -0.2) is 0 Å². The van der Waals surface area contributed by atoms with Crippen LogP contribution in [0.2, 0.25) is 0 Å². The Morgan fingerprint density at radius 2 is 1.81 bits per heavy atom. The van der Waals surface area contributed by atoms with Crippen LogP contribution in [0.3, 0.4) is 0 Å². The number of hydrogen-bond acceptors (Lipinski definition) is 1. The van der Waals surface area contributed by atoms with Crippen molar-refractivity contribution in [2.24, 2.45) is 5.41 Å². The number of halogens is 1. The molecular formula is C14H20BrN. The van der Waals surface area contributed by atoms with E-state index in [4.69, 9.17) is 0 Å². The third-order valence-corrected chi connectivity index (χ3v) is 4.40. The predicted molar refractivity (Wildman–Crippen MR) is 74.1 cm³/mol. The maximum Gasteiger partial charge on any atom is 0.0380 e. The minimum atomic E-state index is 0.580. The fourth-order valence-electron chi connectivity index (χ4n) is 2.54. The van der Waals surface area contributed by atoms with Crippen molar-refractivity contribution in [3.63, 3.8) is 0 Å². The average Bonchev–Trinajstić information content (AvgIpc) is 2.16. The van der Waals surface area contributed by atoms with E-state index >= 15 is 0 Å². The summed E-state index contributed by atoms with van der Waals surface area (Å²) >= 11 is 3.57. The van der Waals surface area contributed by atoms with Gasteiger partial charge < -0.3 is 4.90 Å². The lowest BCUT2D eigenvalue weighted by atomic mass is 9.75. The van der Waals surface area contributed by atoms with Crippen LogP contribution in [-0.2, 0) is 0 Å². The zero-order valence-electron chi connectivity index (χ0n) is 10.4. The van der Waals surface area contributed by atoms with Gasteiger partial charge >= 0.3 is 0 Å². The van der Waals surface area contributed by atoms with Crippen molar-refractivity contribution in [1.82, 2.24) is 0 Å². The molecule has 1 aromatic rings. The largest absolute Gasteiger partial charge is 0.370 e. The molecule has 16 heavy (non-hydrogen) atoms. The molecule has 1 fully saturated rings. The normalized spacial score (nSPS) is 18.4. The van der Waals surface area contributed by atoms with Crippen LogP contribution in [0.15, 0.2) is 22.7 Å². The summed E-state index contributed by atoms with van der Waals surface area (Å²) in [5, 5.41) is 0. The smallest absolute Gasteiger partial charge is 0.0380 e. The first kappa shape index (κ1) is 12.0. The Labute approximate surface area is 107 Å². The Balaban J connectivity index is 2.11. The summed E-state index contributed by atoms with van der Waals surface area (Å²) < 4.78 is 1.19. The lowest BCUT2D eigenvalue weighted by Gasteiger charge is -2.51. The maximum atomic E-state index is 3.57. The highest BCUT2D eigenvalue weighted by Gasteiger charge is 2.39. The summed E-state index contributed by atoms with van der Waals surface area (Å²) in [6.07, 6.45) is 2.60. The molecule has 2 heteroatoms. The average molecular weight is 282 g/mol. The van der Waals surface area contributed by atoms with Gasteiger partial charge in [-0.05, 0) is 43.5 Å². The van der Waals surface area contributed by atoms with Crippen molar-refractivity contribution in [3.05, 3.63) is 28.2 Å². The highest BCUT2D eigenvalue weighted by Crippen LogP contribution is 2.40. The van der Waals surface area contributed by atoms with E-state index in [0.717, 1.165) is 0 Å². The fourth-order valence-corrected chi connectivity index (χ4v) is 3.14. The molecule has 88 valence electrons. The Kier molecular flexibility index (Phi) is 3.29. The molecule has 0 radical (unpaired) electrons. The highest BCUT2D eigenvalue weighted by atomic mass is 79.9. The van der Waals surface area contributed by atoms with Gasteiger partial charge in [0.1, 0.15) is 0 Å². The molecule has 0 amide bonds. The van der Waals surface area contributed by atoms with E-state index in [0.29, 0.717) is 5.41 Å². The molecule has 0 bridgehead atoms. The second kappa shape index (κ2) is 4.40. The first-order chi connectivity index (χ1) is 7.58. The Bertz CT molecular complexity index is 354. The fraction of sp³-hybridized carbons (Fsp3) is 0.571. The van der Waals surface area contributed by atoms with E-state index in [1.54, 1.807) is 0 Å². The van der Waals surface area contributed by atoms with Crippen molar-refractivity contribution < 1.29 is 0 Å². The Morgan fingerprint density at radius 1 is 1.19 bits per heavy atom. The van der Waals surface area contributed by atoms with Gasteiger partial charge in [0.15, 0.2) is 0 Å². The van der Waals surface area contributed by atoms with Crippen LogP contribution in [0, 0.1) is 12.3 Å². The van der Waals surface area contributed by atoms with Crippen LogP contribution in [0.5, 0.6) is 0 Å². The minimum absolute atomic E-state index is 0.580. The van der Waals surface area contributed by atoms with Crippen molar-refractivity contribution in [1.29, 1.82) is 0 Å². The molecule has 1 nitrogen and oxygen atoms in total. The molecule has 0 atom stereocenters. The van der Waals surface area contributed by atoms with Crippen LogP contribution in [-0.4, -0.2) is 13.1 Å². The van der Waals surface area contributed by atoms with Crippen molar-refractivity contribution in [2.45, 2.75) is 33.6 Å². The zero-order chi connectivity index (χ0) is 11.8. The number of anilines is 1. The Hall–Kier alpha value is -0.500. The third-order valence-electron chi connectivity index (χ3n) is 3.94. The van der Waals surface area contributed by atoms with Crippen LogP contribution in [0.25, 0.3) is 0 Å². The summed E-state index contributed by atoms with van der Waals surface area (Å²) in [5.74, 6) is 0. The van der Waals surface area contributed by atoms with E-state index in [9.17, 15) is 0 Å². The summed E-state index contributed by atoms with van der Waals surface area (Å²) in [5.41, 5.74) is 3.27. The molecule has 1 aliphatic heterocycles. The van der Waals surface area contributed by atoms with E-state index < -0.39 is 0 Å². The number of benzene rings is 1. The standard InChI is InChI=1S/C14H20BrN/c1-4-14(5-2)9-16(10-14)13-7-11(3)6-12(15)8-13/h6-8H,4-5,9-10H2,1-3H3. The molecule has 0 saturated carbocycles. The molecule has 1 heterocycles. The quantitative estimate of drug-likeness (QED) is 0.795. The van der Waals surface area contributed by atoms with Gasteiger partial charge in [0, 0.05) is 28.7 Å². The number of hydrogen-bond donors (Lipinski definition) is 0. The molecule has 0 unspecified atom stereocenters. The van der Waals surface area contributed by atoms with Crippen molar-refractivity contribution >= 4 is 21.6 Å². The lowest BCUT2D eigenvalue weighted by molar-refractivity contribution is 0.194. The number of aryl methyl sites for hydroxylation is 1. The molecular weight excluding hydrogens is 262 g/mol.